The molecule has 0 amide bonds. The van der Waals surface area contributed by atoms with Gasteiger partial charge in [0.15, 0.2) is 0 Å². The van der Waals surface area contributed by atoms with Crippen LogP contribution in [0, 0.1) is 12.3 Å². The van der Waals surface area contributed by atoms with Gasteiger partial charge in [0, 0.05) is 12.7 Å². The minimum absolute atomic E-state index is 0.0268. The van der Waals surface area contributed by atoms with Gasteiger partial charge in [-0.3, -0.25) is 5.41 Å². The number of para-hydroxylation sites is 1. The first kappa shape index (κ1) is 13.4. The number of hydrogen-bond acceptors (Lipinski definition) is 2. The summed E-state index contributed by atoms with van der Waals surface area (Å²) in [5.74, 6) is -0.0268. The van der Waals surface area contributed by atoms with Crippen molar-refractivity contribution < 1.29 is 0 Å². The monoisotopic (exact) mass is 273 g/mol. The van der Waals surface area contributed by atoms with Gasteiger partial charge in [0.25, 0.3) is 0 Å². The molecule has 0 aliphatic carbocycles. The number of benzene rings is 2. The number of hydrogen-bond donors (Lipinski definition) is 2. The fraction of sp³-hybridized carbons (Fsp3) is 0.133. The van der Waals surface area contributed by atoms with Crippen LogP contribution in [0.1, 0.15) is 11.1 Å². The van der Waals surface area contributed by atoms with Crippen LogP contribution in [0.25, 0.3) is 0 Å². The van der Waals surface area contributed by atoms with E-state index in [0.29, 0.717) is 10.6 Å². The lowest BCUT2D eigenvalue weighted by molar-refractivity contribution is 1.18. The molecule has 0 spiro atoms. The van der Waals surface area contributed by atoms with Gasteiger partial charge in [-0.2, -0.15) is 0 Å². The SMILES string of the molecule is Cc1ccccc1N(C)c1cccc(Cl)c1C(=N)N. The Kier molecular flexibility index (Phi) is 3.76. The number of nitrogens with zero attached hydrogens (tertiary/aromatic N) is 1. The van der Waals surface area contributed by atoms with Crippen LogP contribution in [0.4, 0.5) is 11.4 Å². The van der Waals surface area contributed by atoms with Gasteiger partial charge in [0.05, 0.1) is 16.3 Å². The molecule has 0 aliphatic rings. The summed E-state index contributed by atoms with van der Waals surface area (Å²) in [5, 5.41) is 8.18. The van der Waals surface area contributed by atoms with E-state index in [4.69, 9.17) is 22.7 Å². The van der Waals surface area contributed by atoms with Gasteiger partial charge in [0.1, 0.15) is 5.84 Å². The number of nitrogen functional groups attached to an aromatic ring is 1. The maximum Gasteiger partial charge on any atom is 0.126 e. The molecule has 2 aromatic rings. The molecule has 0 bridgehead atoms. The fourth-order valence-corrected chi connectivity index (χ4v) is 2.40. The van der Waals surface area contributed by atoms with E-state index in [2.05, 4.69) is 0 Å². The van der Waals surface area contributed by atoms with Crippen LogP contribution in [0.3, 0.4) is 0 Å². The molecule has 2 aromatic carbocycles. The first-order chi connectivity index (χ1) is 9.02. The van der Waals surface area contributed by atoms with E-state index in [0.717, 1.165) is 16.9 Å². The Labute approximate surface area is 118 Å². The number of amidine groups is 1. The Hall–Kier alpha value is -2.00. The fourth-order valence-electron chi connectivity index (χ4n) is 2.13. The van der Waals surface area contributed by atoms with Gasteiger partial charge >= 0.3 is 0 Å². The number of nitrogens with one attached hydrogen (secondary N) is 1. The van der Waals surface area contributed by atoms with E-state index in [1.165, 1.54) is 0 Å². The van der Waals surface area contributed by atoms with Gasteiger partial charge in [0.2, 0.25) is 0 Å². The third kappa shape index (κ3) is 2.56. The number of halogens is 1. The van der Waals surface area contributed by atoms with E-state index in [1.807, 2.05) is 55.3 Å². The van der Waals surface area contributed by atoms with Crippen LogP contribution in [-0.4, -0.2) is 12.9 Å². The molecule has 0 aliphatic heterocycles. The molecule has 98 valence electrons. The molecule has 0 fully saturated rings. The van der Waals surface area contributed by atoms with Crippen molar-refractivity contribution in [2.24, 2.45) is 5.73 Å². The highest BCUT2D eigenvalue weighted by Crippen LogP contribution is 2.32. The average molecular weight is 274 g/mol. The highest BCUT2D eigenvalue weighted by atomic mass is 35.5. The van der Waals surface area contributed by atoms with Crippen molar-refractivity contribution >= 4 is 28.8 Å². The topological polar surface area (TPSA) is 53.1 Å². The zero-order chi connectivity index (χ0) is 14.0. The molecule has 0 saturated heterocycles. The normalized spacial score (nSPS) is 10.3. The molecule has 0 heterocycles. The van der Waals surface area contributed by atoms with Gasteiger partial charge < -0.3 is 10.6 Å². The molecule has 3 N–H and O–H groups in total. The van der Waals surface area contributed by atoms with Crippen LogP contribution in [0.15, 0.2) is 42.5 Å². The van der Waals surface area contributed by atoms with E-state index in [1.54, 1.807) is 6.07 Å². The Balaban J connectivity index is 2.57. The lowest BCUT2D eigenvalue weighted by Crippen LogP contribution is -2.19. The summed E-state index contributed by atoms with van der Waals surface area (Å²) in [7, 11) is 1.94. The first-order valence-corrected chi connectivity index (χ1v) is 6.32. The van der Waals surface area contributed by atoms with Crippen molar-refractivity contribution in [1.82, 2.24) is 0 Å². The van der Waals surface area contributed by atoms with E-state index >= 15 is 0 Å². The van der Waals surface area contributed by atoms with Crippen molar-refractivity contribution in [3.63, 3.8) is 0 Å². The summed E-state index contributed by atoms with van der Waals surface area (Å²) in [6.45, 7) is 2.05. The summed E-state index contributed by atoms with van der Waals surface area (Å²) in [5.41, 5.74) is 9.25. The minimum Gasteiger partial charge on any atom is -0.384 e. The second-order valence-corrected chi connectivity index (χ2v) is 4.80. The maximum atomic E-state index is 7.69. The third-order valence-electron chi connectivity index (χ3n) is 3.10. The summed E-state index contributed by atoms with van der Waals surface area (Å²) in [4.78, 5) is 2.00. The summed E-state index contributed by atoms with van der Waals surface area (Å²) < 4.78 is 0. The largest absolute Gasteiger partial charge is 0.384 e. The molecule has 0 aromatic heterocycles. The van der Waals surface area contributed by atoms with Gasteiger partial charge in [-0.1, -0.05) is 35.9 Å². The van der Waals surface area contributed by atoms with E-state index < -0.39 is 0 Å². The maximum absolute atomic E-state index is 7.69. The lowest BCUT2D eigenvalue weighted by atomic mass is 10.1. The standard InChI is InChI=1S/C15H16ClN3/c1-10-6-3-4-8-12(10)19(2)13-9-5-7-11(16)14(13)15(17)18/h3-9H,1-2H3,(H3,17,18). The van der Waals surface area contributed by atoms with Crippen molar-refractivity contribution in [2.75, 3.05) is 11.9 Å². The van der Waals surface area contributed by atoms with Crippen LogP contribution in [0.5, 0.6) is 0 Å². The first-order valence-electron chi connectivity index (χ1n) is 5.94. The minimum atomic E-state index is -0.0268. The number of nitrogens with two attached hydrogens (primary N) is 1. The molecule has 0 radical (unpaired) electrons. The molecule has 0 saturated carbocycles. The Bertz CT molecular complexity index is 623. The van der Waals surface area contributed by atoms with Crippen molar-refractivity contribution in [1.29, 1.82) is 5.41 Å². The van der Waals surface area contributed by atoms with Crippen LogP contribution in [0.2, 0.25) is 5.02 Å². The third-order valence-corrected chi connectivity index (χ3v) is 3.41. The second kappa shape index (κ2) is 5.33. The zero-order valence-electron chi connectivity index (χ0n) is 10.9. The summed E-state index contributed by atoms with van der Waals surface area (Å²) in [6.07, 6.45) is 0. The molecule has 0 atom stereocenters. The van der Waals surface area contributed by atoms with Gasteiger partial charge in [-0.15, -0.1) is 0 Å². The quantitative estimate of drug-likeness (QED) is 0.662. The van der Waals surface area contributed by atoms with Gasteiger partial charge in [-0.25, -0.2) is 0 Å². The molecule has 19 heavy (non-hydrogen) atoms. The molecule has 0 unspecified atom stereocenters. The summed E-state index contributed by atoms with van der Waals surface area (Å²) in [6, 6.07) is 13.6. The second-order valence-electron chi connectivity index (χ2n) is 4.39. The summed E-state index contributed by atoms with van der Waals surface area (Å²) >= 11 is 6.15. The van der Waals surface area contributed by atoms with Crippen molar-refractivity contribution in [2.45, 2.75) is 6.92 Å². The van der Waals surface area contributed by atoms with Crippen molar-refractivity contribution in [3.8, 4) is 0 Å². The highest BCUT2D eigenvalue weighted by molar-refractivity contribution is 6.34. The molecular weight excluding hydrogens is 258 g/mol. The number of aryl methyl sites for hydroxylation is 1. The zero-order valence-corrected chi connectivity index (χ0v) is 11.7. The molecule has 3 nitrogen and oxygen atoms in total. The highest BCUT2D eigenvalue weighted by Gasteiger charge is 2.15. The van der Waals surface area contributed by atoms with Crippen LogP contribution < -0.4 is 10.6 Å². The molecular formula is C15H16ClN3. The van der Waals surface area contributed by atoms with Crippen LogP contribution in [-0.2, 0) is 0 Å². The van der Waals surface area contributed by atoms with Crippen molar-refractivity contribution in [3.05, 3.63) is 58.6 Å². The van der Waals surface area contributed by atoms with Crippen LogP contribution >= 0.6 is 11.6 Å². The smallest absolute Gasteiger partial charge is 0.126 e. The Morgan fingerprint density at radius 3 is 2.37 bits per heavy atom. The Morgan fingerprint density at radius 2 is 1.74 bits per heavy atom. The Morgan fingerprint density at radius 1 is 1.11 bits per heavy atom. The lowest BCUT2D eigenvalue weighted by Gasteiger charge is -2.24. The number of anilines is 2. The van der Waals surface area contributed by atoms with E-state index in [9.17, 15) is 0 Å². The predicted octanol–water partition coefficient (Wildman–Crippen LogP) is 3.70. The predicted molar refractivity (Wildman–Crippen MR) is 81.7 cm³/mol. The van der Waals surface area contributed by atoms with Gasteiger partial charge in [-0.05, 0) is 30.7 Å². The molecule has 4 heteroatoms. The average Bonchev–Trinajstić information content (AvgIpc) is 2.37. The number of rotatable bonds is 3. The molecule has 2 rings (SSSR count). The van der Waals surface area contributed by atoms with E-state index in [-0.39, 0.29) is 5.84 Å².